The summed E-state index contributed by atoms with van der Waals surface area (Å²) in [5.41, 5.74) is 6.06. The fourth-order valence-electron chi connectivity index (χ4n) is 1.25. The van der Waals surface area contributed by atoms with E-state index in [1.54, 1.807) is 0 Å². The molecular formula is C10H12N6O. The first kappa shape index (κ1) is 12.5. The summed E-state index contributed by atoms with van der Waals surface area (Å²) < 4.78 is 5.22. The van der Waals surface area contributed by atoms with Gasteiger partial charge in [0.25, 0.3) is 0 Å². The van der Waals surface area contributed by atoms with Gasteiger partial charge in [0.05, 0.1) is 18.7 Å². The average Bonchev–Trinajstić information content (AvgIpc) is 2.32. The lowest BCUT2D eigenvalue weighted by Gasteiger charge is -2.19. The zero-order chi connectivity index (χ0) is 12.7. The molecule has 0 saturated heterocycles. The Kier molecular flexibility index (Phi) is 4.52. The monoisotopic (exact) mass is 232 g/mol. The van der Waals surface area contributed by atoms with E-state index >= 15 is 0 Å². The van der Waals surface area contributed by atoms with Crippen molar-refractivity contribution >= 4 is 11.5 Å². The maximum atomic E-state index is 8.67. The molecule has 1 rings (SSSR count). The van der Waals surface area contributed by atoms with Crippen molar-refractivity contribution in [2.24, 2.45) is 0 Å². The molecule has 17 heavy (non-hydrogen) atoms. The lowest BCUT2D eigenvalue weighted by Crippen LogP contribution is -2.26. The first-order chi connectivity index (χ1) is 8.24. The van der Waals surface area contributed by atoms with Crippen LogP contribution in [0, 0.1) is 22.7 Å². The van der Waals surface area contributed by atoms with Gasteiger partial charge in [-0.05, 0) is 6.92 Å². The van der Waals surface area contributed by atoms with Gasteiger partial charge in [0.1, 0.15) is 25.1 Å². The van der Waals surface area contributed by atoms with Crippen LogP contribution in [0.1, 0.15) is 6.92 Å². The number of hydrogen-bond acceptors (Lipinski definition) is 7. The Hall–Kier alpha value is -2.54. The summed E-state index contributed by atoms with van der Waals surface area (Å²) in [6.07, 6.45) is 1.29. The van der Waals surface area contributed by atoms with Gasteiger partial charge in [-0.25, -0.2) is 4.98 Å². The number of nitrogens with two attached hydrogens (primary N) is 1. The molecular weight excluding hydrogens is 220 g/mol. The lowest BCUT2D eigenvalue weighted by atomic mass is 10.4. The van der Waals surface area contributed by atoms with Gasteiger partial charge in [0.2, 0.25) is 5.88 Å². The van der Waals surface area contributed by atoms with E-state index in [9.17, 15) is 0 Å². The fourth-order valence-corrected chi connectivity index (χ4v) is 1.25. The average molecular weight is 232 g/mol. The Balaban J connectivity index is 3.07. The molecule has 0 radical (unpaired) electrons. The van der Waals surface area contributed by atoms with E-state index in [0.29, 0.717) is 12.4 Å². The zero-order valence-corrected chi connectivity index (χ0v) is 9.42. The first-order valence-corrected chi connectivity index (χ1v) is 4.96. The number of rotatable bonds is 5. The molecule has 1 heterocycles. The van der Waals surface area contributed by atoms with Crippen molar-refractivity contribution in [3.05, 3.63) is 6.33 Å². The second-order valence-corrected chi connectivity index (χ2v) is 3.02. The molecule has 88 valence electrons. The van der Waals surface area contributed by atoms with Crippen LogP contribution in [0.3, 0.4) is 0 Å². The van der Waals surface area contributed by atoms with Gasteiger partial charge in [-0.1, -0.05) is 0 Å². The van der Waals surface area contributed by atoms with Crippen LogP contribution in [0.25, 0.3) is 0 Å². The predicted octanol–water partition coefficient (Wildman–Crippen LogP) is 0.311. The van der Waals surface area contributed by atoms with Gasteiger partial charge in [-0.15, -0.1) is 0 Å². The Bertz CT molecular complexity index is 445. The molecule has 7 nitrogen and oxygen atoms in total. The number of nitriles is 2. The molecule has 0 fully saturated rings. The topological polar surface area (TPSA) is 112 Å². The molecule has 0 bridgehead atoms. The molecule has 0 amide bonds. The van der Waals surface area contributed by atoms with Crippen molar-refractivity contribution < 1.29 is 4.74 Å². The van der Waals surface area contributed by atoms with Crippen LogP contribution in [0.5, 0.6) is 5.88 Å². The first-order valence-electron chi connectivity index (χ1n) is 4.96. The Morgan fingerprint density at radius 3 is 2.53 bits per heavy atom. The third kappa shape index (κ3) is 2.95. The lowest BCUT2D eigenvalue weighted by molar-refractivity contribution is 0.328. The van der Waals surface area contributed by atoms with Gasteiger partial charge >= 0.3 is 0 Å². The summed E-state index contributed by atoms with van der Waals surface area (Å²) in [6.45, 7) is 2.29. The van der Waals surface area contributed by atoms with E-state index in [1.165, 1.54) is 11.2 Å². The molecule has 0 aliphatic rings. The van der Waals surface area contributed by atoms with Gasteiger partial charge in [-0.2, -0.15) is 15.5 Å². The predicted molar refractivity (Wildman–Crippen MR) is 61.1 cm³/mol. The quantitative estimate of drug-likeness (QED) is 0.727. The minimum absolute atomic E-state index is 0.0281. The highest BCUT2D eigenvalue weighted by atomic mass is 16.5. The summed E-state index contributed by atoms with van der Waals surface area (Å²) >= 11 is 0. The van der Waals surface area contributed by atoms with Crippen molar-refractivity contribution in [3.63, 3.8) is 0 Å². The van der Waals surface area contributed by atoms with Crippen LogP contribution < -0.4 is 15.4 Å². The molecule has 1 aromatic heterocycles. The van der Waals surface area contributed by atoms with Crippen LogP contribution in [-0.4, -0.2) is 29.7 Å². The largest absolute Gasteiger partial charge is 0.476 e. The standard InChI is InChI=1S/C10H12N6O/c1-2-17-10-8(13)9(14-7-15-10)16(5-3-11)6-4-12/h7H,2,5-6,13H2,1H3. The molecule has 2 N–H and O–H groups in total. The maximum absolute atomic E-state index is 8.67. The summed E-state index contributed by atoms with van der Waals surface area (Å²) in [4.78, 5) is 9.30. The van der Waals surface area contributed by atoms with Crippen molar-refractivity contribution in [3.8, 4) is 18.0 Å². The SMILES string of the molecule is CCOc1ncnc(N(CC#N)CC#N)c1N. The molecule has 0 saturated carbocycles. The maximum Gasteiger partial charge on any atom is 0.242 e. The molecule has 0 atom stereocenters. The minimum Gasteiger partial charge on any atom is -0.476 e. The normalized spacial score (nSPS) is 9.12. The van der Waals surface area contributed by atoms with E-state index in [0.717, 1.165) is 0 Å². The molecule has 0 spiro atoms. The fraction of sp³-hybridized carbons (Fsp3) is 0.400. The van der Waals surface area contributed by atoms with Crippen LogP contribution in [0.4, 0.5) is 11.5 Å². The van der Waals surface area contributed by atoms with Gasteiger partial charge in [0.15, 0.2) is 5.82 Å². The molecule has 0 aliphatic heterocycles. The molecule has 1 aromatic rings. The number of ether oxygens (including phenoxy) is 1. The third-order valence-corrected chi connectivity index (χ3v) is 1.93. The Morgan fingerprint density at radius 1 is 1.35 bits per heavy atom. The van der Waals surface area contributed by atoms with Crippen LogP contribution in [0.2, 0.25) is 0 Å². The number of nitrogen functional groups attached to an aromatic ring is 1. The third-order valence-electron chi connectivity index (χ3n) is 1.93. The summed E-state index contributed by atoms with van der Waals surface area (Å²) in [5, 5.41) is 17.3. The highest BCUT2D eigenvalue weighted by Crippen LogP contribution is 2.27. The Labute approximate surface area is 99.1 Å². The smallest absolute Gasteiger partial charge is 0.242 e. The highest BCUT2D eigenvalue weighted by Gasteiger charge is 2.15. The van der Waals surface area contributed by atoms with E-state index in [-0.39, 0.29) is 24.7 Å². The van der Waals surface area contributed by atoms with E-state index in [2.05, 4.69) is 9.97 Å². The summed E-state index contributed by atoms with van der Waals surface area (Å²) in [6, 6.07) is 3.90. The molecule has 7 heteroatoms. The Morgan fingerprint density at radius 2 is 2.00 bits per heavy atom. The van der Waals surface area contributed by atoms with Crippen LogP contribution in [0.15, 0.2) is 6.33 Å². The van der Waals surface area contributed by atoms with E-state index in [1.807, 2.05) is 19.1 Å². The van der Waals surface area contributed by atoms with Crippen molar-refractivity contribution in [2.45, 2.75) is 6.92 Å². The van der Waals surface area contributed by atoms with E-state index < -0.39 is 0 Å². The second-order valence-electron chi connectivity index (χ2n) is 3.02. The van der Waals surface area contributed by atoms with Crippen LogP contribution in [-0.2, 0) is 0 Å². The number of nitrogens with zero attached hydrogens (tertiary/aromatic N) is 5. The molecule has 0 aromatic carbocycles. The highest BCUT2D eigenvalue weighted by molar-refractivity contribution is 5.68. The van der Waals surface area contributed by atoms with Gasteiger partial charge in [0, 0.05) is 0 Å². The zero-order valence-electron chi connectivity index (χ0n) is 9.42. The van der Waals surface area contributed by atoms with Crippen molar-refractivity contribution in [1.82, 2.24) is 9.97 Å². The molecule has 0 aliphatic carbocycles. The minimum atomic E-state index is 0.0281. The molecule has 0 unspecified atom stereocenters. The van der Waals surface area contributed by atoms with Gasteiger partial charge in [-0.3, -0.25) is 0 Å². The van der Waals surface area contributed by atoms with Crippen molar-refractivity contribution in [2.75, 3.05) is 30.3 Å². The summed E-state index contributed by atoms with van der Waals surface area (Å²) in [7, 11) is 0. The number of hydrogen-bond donors (Lipinski definition) is 1. The second kappa shape index (κ2) is 6.13. The van der Waals surface area contributed by atoms with Crippen molar-refractivity contribution in [1.29, 1.82) is 10.5 Å². The van der Waals surface area contributed by atoms with Gasteiger partial charge < -0.3 is 15.4 Å². The van der Waals surface area contributed by atoms with Crippen LogP contribution >= 0.6 is 0 Å². The summed E-state index contributed by atoms with van der Waals surface area (Å²) in [5.74, 6) is 0.602. The van der Waals surface area contributed by atoms with E-state index in [4.69, 9.17) is 21.0 Å². The number of aromatic nitrogens is 2. The number of anilines is 2.